The van der Waals surface area contributed by atoms with Gasteiger partial charge in [-0.2, -0.15) is 0 Å². The van der Waals surface area contributed by atoms with E-state index in [1.807, 2.05) is 0 Å². The summed E-state index contributed by atoms with van der Waals surface area (Å²) < 4.78 is 10.2. The van der Waals surface area contributed by atoms with Crippen molar-refractivity contribution in [2.45, 2.75) is 13.2 Å². The maximum Gasteiger partial charge on any atom is 0.125 e. The molecule has 0 aliphatic rings. The normalized spacial score (nSPS) is 10.4. The Morgan fingerprint density at radius 1 is 1.40 bits per heavy atom. The first-order valence-electron chi connectivity index (χ1n) is 4.44. The van der Waals surface area contributed by atoms with Crippen LogP contribution in [0.5, 0.6) is 5.75 Å². The second-order valence-electron chi connectivity index (χ2n) is 3.01. The first-order valence-corrected chi connectivity index (χ1v) is 4.82. The molecule has 0 fully saturated rings. The van der Waals surface area contributed by atoms with Crippen LogP contribution < -0.4 is 10.2 Å². The van der Waals surface area contributed by atoms with E-state index in [1.54, 1.807) is 26.4 Å². The summed E-state index contributed by atoms with van der Waals surface area (Å²) in [4.78, 5) is 0. The molecule has 0 radical (unpaired) electrons. The van der Waals surface area contributed by atoms with E-state index in [9.17, 15) is 0 Å². The van der Waals surface area contributed by atoms with Gasteiger partial charge in [-0.15, -0.1) is 0 Å². The Bertz CT molecular complexity index is 331. The molecule has 4 nitrogen and oxygen atoms in total. The fourth-order valence-corrected chi connectivity index (χ4v) is 1.64. The number of methoxy groups -OCH3 is 2. The van der Waals surface area contributed by atoms with Gasteiger partial charge in [0.25, 0.3) is 0 Å². The van der Waals surface area contributed by atoms with Crippen LogP contribution in [0.2, 0.25) is 5.02 Å². The molecule has 5 heteroatoms. The van der Waals surface area contributed by atoms with E-state index in [1.165, 1.54) is 0 Å². The number of nitrogens with one attached hydrogen (secondary N) is 1. The lowest BCUT2D eigenvalue weighted by Gasteiger charge is -2.13. The minimum absolute atomic E-state index is 0.291. The summed E-state index contributed by atoms with van der Waals surface area (Å²) >= 11 is 5.92. The Morgan fingerprint density at radius 3 is 2.67 bits per heavy atom. The lowest BCUT2D eigenvalue weighted by atomic mass is 10.1. The van der Waals surface area contributed by atoms with Gasteiger partial charge < -0.3 is 14.7 Å². The lowest BCUT2D eigenvalue weighted by Crippen LogP contribution is -2.10. The zero-order chi connectivity index (χ0) is 11.3. The van der Waals surface area contributed by atoms with Crippen molar-refractivity contribution in [3.63, 3.8) is 0 Å². The summed E-state index contributed by atoms with van der Waals surface area (Å²) in [6.45, 7) is 0.715. The standard InChI is InChI=1S/C10H14ClNO3/c1-14-6-7-3-8(11)4-10(15-2)9(7)5-12-13/h3-4,12-13H,5-6H2,1-2H3. The molecular formula is C10H14ClNO3. The zero-order valence-electron chi connectivity index (χ0n) is 8.71. The molecule has 0 saturated heterocycles. The minimum Gasteiger partial charge on any atom is -0.496 e. The predicted octanol–water partition coefficient (Wildman–Crippen LogP) is 1.97. The summed E-state index contributed by atoms with van der Waals surface area (Å²) in [5.41, 5.74) is 3.83. The van der Waals surface area contributed by atoms with Crippen molar-refractivity contribution in [1.82, 2.24) is 5.48 Å². The van der Waals surface area contributed by atoms with E-state index < -0.39 is 0 Å². The van der Waals surface area contributed by atoms with Gasteiger partial charge in [-0.1, -0.05) is 11.6 Å². The number of hydrogen-bond donors (Lipinski definition) is 2. The third-order valence-electron chi connectivity index (χ3n) is 2.04. The Hall–Kier alpha value is -0.810. The summed E-state index contributed by atoms with van der Waals surface area (Å²) in [5.74, 6) is 0.635. The third kappa shape index (κ3) is 3.07. The molecule has 1 aromatic rings. The predicted molar refractivity (Wildman–Crippen MR) is 57.3 cm³/mol. The van der Waals surface area contributed by atoms with E-state index in [-0.39, 0.29) is 0 Å². The van der Waals surface area contributed by atoms with Crippen molar-refractivity contribution >= 4 is 11.6 Å². The number of hydrogen-bond acceptors (Lipinski definition) is 4. The third-order valence-corrected chi connectivity index (χ3v) is 2.26. The average Bonchev–Trinajstić information content (AvgIpc) is 2.22. The van der Waals surface area contributed by atoms with Crippen LogP contribution >= 0.6 is 11.6 Å². The Morgan fingerprint density at radius 2 is 2.13 bits per heavy atom. The Balaban J connectivity index is 3.14. The molecule has 0 aromatic heterocycles. The quantitative estimate of drug-likeness (QED) is 0.761. The van der Waals surface area contributed by atoms with Crippen molar-refractivity contribution in [2.75, 3.05) is 14.2 Å². The molecule has 0 atom stereocenters. The van der Waals surface area contributed by atoms with Crippen LogP contribution in [0.4, 0.5) is 0 Å². The van der Waals surface area contributed by atoms with Gasteiger partial charge in [-0.25, -0.2) is 5.48 Å². The molecule has 0 spiro atoms. The molecule has 0 aliphatic heterocycles. The number of halogens is 1. The maximum absolute atomic E-state index is 8.72. The maximum atomic E-state index is 8.72. The van der Waals surface area contributed by atoms with Crippen LogP contribution in [0.25, 0.3) is 0 Å². The minimum atomic E-state index is 0.291. The fourth-order valence-electron chi connectivity index (χ4n) is 1.41. The molecule has 0 saturated carbocycles. The molecule has 1 aromatic carbocycles. The molecule has 84 valence electrons. The number of hydroxylamine groups is 1. The van der Waals surface area contributed by atoms with Crippen LogP contribution in [-0.4, -0.2) is 19.4 Å². The van der Waals surface area contributed by atoms with Crippen molar-refractivity contribution < 1.29 is 14.7 Å². The number of rotatable bonds is 5. The summed E-state index contributed by atoms with van der Waals surface area (Å²) in [7, 11) is 3.16. The van der Waals surface area contributed by atoms with Crippen molar-refractivity contribution in [1.29, 1.82) is 0 Å². The Kier molecular flexibility index (Phi) is 4.84. The van der Waals surface area contributed by atoms with Crippen LogP contribution in [0.15, 0.2) is 12.1 Å². The highest BCUT2D eigenvalue weighted by Gasteiger charge is 2.10. The second-order valence-corrected chi connectivity index (χ2v) is 3.45. The van der Waals surface area contributed by atoms with Crippen molar-refractivity contribution in [3.8, 4) is 5.75 Å². The summed E-state index contributed by atoms with van der Waals surface area (Å²) in [6, 6.07) is 3.49. The van der Waals surface area contributed by atoms with Crippen LogP contribution in [0.3, 0.4) is 0 Å². The van der Waals surface area contributed by atoms with Crippen molar-refractivity contribution in [2.24, 2.45) is 0 Å². The Labute approximate surface area is 93.7 Å². The van der Waals surface area contributed by atoms with Crippen LogP contribution in [0.1, 0.15) is 11.1 Å². The van der Waals surface area contributed by atoms with Gasteiger partial charge >= 0.3 is 0 Å². The van der Waals surface area contributed by atoms with E-state index in [0.29, 0.717) is 23.9 Å². The average molecular weight is 232 g/mol. The van der Waals surface area contributed by atoms with Gasteiger partial charge in [0.1, 0.15) is 5.75 Å². The molecule has 0 unspecified atom stereocenters. The van der Waals surface area contributed by atoms with Gasteiger partial charge in [0.15, 0.2) is 0 Å². The van der Waals surface area contributed by atoms with Gasteiger partial charge in [0.2, 0.25) is 0 Å². The second kappa shape index (κ2) is 5.92. The molecule has 0 bridgehead atoms. The molecule has 0 aliphatic carbocycles. The highest BCUT2D eigenvalue weighted by Crippen LogP contribution is 2.27. The first kappa shape index (κ1) is 12.3. The number of benzene rings is 1. The van der Waals surface area contributed by atoms with Crippen molar-refractivity contribution in [3.05, 3.63) is 28.3 Å². The van der Waals surface area contributed by atoms with Gasteiger partial charge in [0.05, 0.1) is 13.7 Å². The van der Waals surface area contributed by atoms with E-state index >= 15 is 0 Å². The molecule has 2 N–H and O–H groups in total. The smallest absolute Gasteiger partial charge is 0.125 e. The van der Waals surface area contributed by atoms with Crippen LogP contribution in [-0.2, 0) is 17.9 Å². The highest BCUT2D eigenvalue weighted by atomic mass is 35.5. The van der Waals surface area contributed by atoms with E-state index in [2.05, 4.69) is 5.48 Å². The number of ether oxygens (including phenoxy) is 2. The van der Waals surface area contributed by atoms with Gasteiger partial charge in [-0.3, -0.25) is 0 Å². The summed E-state index contributed by atoms with van der Waals surface area (Å²) in [5, 5.41) is 9.31. The first-order chi connectivity index (χ1) is 7.22. The molecule has 1 rings (SSSR count). The van der Waals surface area contributed by atoms with E-state index in [0.717, 1.165) is 11.1 Å². The van der Waals surface area contributed by atoms with Gasteiger partial charge in [0, 0.05) is 24.2 Å². The molecule has 15 heavy (non-hydrogen) atoms. The molecular weight excluding hydrogens is 218 g/mol. The monoisotopic (exact) mass is 231 g/mol. The SMILES string of the molecule is COCc1cc(Cl)cc(OC)c1CNO. The van der Waals surface area contributed by atoms with Gasteiger partial charge in [-0.05, 0) is 17.7 Å². The summed E-state index contributed by atoms with van der Waals surface area (Å²) in [6.07, 6.45) is 0. The topological polar surface area (TPSA) is 50.7 Å². The van der Waals surface area contributed by atoms with Crippen LogP contribution in [0, 0.1) is 0 Å². The fraction of sp³-hybridized carbons (Fsp3) is 0.400. The molecule has 0 amide bonds. The zero-order valence-corrected chi connectivity index (χ0v) is 9.47. The molecule has 0 heterocycles. The van der Waals surface area contributed by atoms with E-state index in [4.69, 9.17) is 26.3 Å². The highest BCUT2D eigenvalue weighted by molar-refractivity contribution is 6.30. The largest absolute Gasteiger partial charge is 0.496 e. The lowest BCUT2D eigenvalue weighted by molar-refractivity contribution is 0.156.